The van der Waals surface area contributed by atoms with Crippen molar-refractivity contribution in [1.82, 2.24) is 4.57 Å². The highest BCUT2D eigenvalue weighted by Crippen LogP contribution is 2.32. The summed E-state index contributed by atoms with van der Waals surface area (Å²) in [5.74, 6) is -0.142. The lowest BCUT2D eigenvalue weighted by Gasteiger charge is -2.26. The number of nitrogens with zero attached hydrogens (tertiary/aromatic N) is 1. The molecule has 0 spiro atoms. The van der Waals surface area contributed by atoms with Crippen LogP contribution in [0.3, 0.4) is 0 Å². The Labute approximate surface area is 165 Å². The van der Waals surface area contributed by atoms with Crippen LogP contribution in [-0.4, -0.2) is 26.0 Å². The van der Waals surface area contributed by atoms with E-state index in [0.29, 0.717) is 17.3 Å². The molecule has 1 aliphatic carbocycles. The number of rotatable bonds is 5. The number of ether oxygens (including phenoxy) is 1. The number of carbonyl (C=O) groups excluding carboxylic acids is 1. The van der Waals surface area contributed by atoms with E-state index in [1.54, 1.807) is 6.07 Å². The number of hydrogen-bond donors (Lipinski definition) is 2. The number of anilines is 1. The van der Waals surface area contributed by atoms with E-state index in [1.165, 1.54) is 38.5 Å². The maximum absolute atomic E-state index is 12.9. The standard InChI is InChI=1S/C20H27N3O4S/c1-13-11-17(14(2)23(13)16-7-5-4-6-8-16)20(24)22-15-9-10-18(27-3)19(12-15)28(21,25)26/h9-12,16H,4-8H2,1-3H3,(H,22,24)(H2,21,25,26). The van der Waals surface area contributed by atoms with Crippen LogP contribution in [0.1, 0.15) is 59.9 Å². The summed E-state index contributed by atoms with van der Waals surface area (Å²) in [5, 5.41) is 8.03. The molecule has 0 atom stereocenters. The van der Waals surface area contributed by atoms with Crippen LogP contribution in [0.5, 0.6) is 5.75 Å². The van der Waals surface area contributed by atoms with Crippen molar-refractivity contribution >= 4 is 21.6 Å². The minimum absolute atomic E-state index is 0.135. The van der Waals surface area contributed by atoms with Gasteiger partial charge in [-0.25, -0.2) is 13.6 Å². The van der Waals surface area contributed by atoms with Gasteiger partial charge in [0.1, 0.15) is 10.6 Å². The van der Waals surface area contributed by atoms with Crippen LogP contribution in [-0.2, 0) is 10.0 Å². The van der Waals surface area contributed by atoms with Crippen molar-refractivity contribution in [2.24, 2.45) is 5.14 Å². The maximum Gasteiger partial charge on any atom is 0.257 e. The van der Waals surface area contributed by atoms with E-state index in [4.69, 9.17) is 9.88 Å². The topological polar surface area (TPSA) is 103 Å². The van der Waals surface area contributed by atoms with Crippen molar-refractivity contribution in [3.63, 3.8) is 0 Å². The first-order valence-corrected chi connectivity index (χ1v) is 11.0. The molecular weight excluding hydrogens is 378 g/mol. The summed E-state index contributed by atoms with van der Waals surface area (Å²) < 4.78 is 30.9. The van der Waals surface area contributed by atoms with E-state index < -0.39 is 10.0 Å². The number of primary sulfonamides is 1. The van der Waals surface area contributed by atoms with Crippen molar-refractivity contribution in [2.75, 3.05) is 12.4 Å². The fourth-order valence-electron chi connectivity index (χ4n) is 4.08. The molecule has 0 aliphatic heterocycles. The highest BCUT2D eigenvalue weighted by molar-refractivity contribution is 7.89. The zero-order valence-electron chi connectivity index (χ0n) is 16.5. The van der Waals surface area contributed by atoms with Crippen LogP contribution in [0.15, 0.2) is 29.2 Å². The van der Waals surface area contributed by atoms with Gasteiger partial charge in [0.25, 0.3) is 5.91 Å². The van der Waals surface area contributed by atoms with Crippen molar-refractivity contribution in [2.45, 2.75) is 56.9 Å². The Balaban J connectivity index is 1.88. The van der Waals surface area contributed by atoms with Gasteiger partial charge in [-0.1, -0.05) is 19.3 Å². The zero-order chi connectivity index (χ0) is 20.5. The zero-order valence-corrected chi connectivity index (χ0v) is 17.3. The van der Waals surface area contributed by atoms with Gasteiger partial charge in [-0.2, -0.15) is 0 Å². The lowest BCUT2D eigenvalue weighted by Crippen LogP contribution is -2.18. The number of aryl methyl sites for hydroxylation is 1. The molecule has 0 radical (unpaired) electrons. The quantitative estimate of drug-likeness (QED) is 0.794. The van der Waals surface area contributed by atoms with Gasteiger partial charge >= 0.3 is 0 Å². The van der Waals surface area contributed by atoms with E-state index in [9.17, 15) is 13.2 Å². The summed E-state index contributed by atoms with van der Waals surface area (Å²) in [6.07, 6.45) is 5.96. The Morgan fingerprint density at radius 1 is 1.18 bits per heavy atom. The number of nitrogens with one attached hydrogen (secondary N) is 1. The normalized spacial score (nSPS) is 15.4. The van der Waals surface area contributed by atoms with Crippen molar-refractivity contribution < 1.29 is 17.9 Å². The van der Waals surface area contributed by atoms with Crippen LogP contribution in [0, 0.1) is 13.8 Å². The molecule has 0 saturated heterocycles. The summed E-state index contributed by atoms with van der Waals surface area (Å²) in [7, 11) is -2.61. The second kappa shape index (κ2) is 7.97. The third kappa shape index (κ3) is 4.07. The van der Waals surface area contributed by atoms with Crippen LogP contribution in [0.2, 0.25) is 0 Å². The summed E-state index contributed by atoms with van der Waals surface area (Å²) >= 11 is 0. The van der Waals surface area contributed by atoms with E-state index >= 15 is 0 Å². The van der Waals surface area contributed by atoms with E-state index in [2.05, 4.69) is 9.88 Å². The van der Waals surface area contributed by atoms with Gasteiger partial charge < -0.3 is 14.6 Å². The molecule has 1 aromatic carbocycles. The van der Waals surface area contributed by atoms with Gasteiger partial charge in [-0.05, 0) is 51.0 Å². The van der Waals surface area contributed by atoms with Crippen LogP contribution < -0.4 is 15.2 Å². The summed E-state index contributed by atoms with van der Waals surface area (Å²) in [6, 6.07) is 6.70. The SMILES string of the molecule is COc1ccc(NC(=O)c2cc(C)n(C3CCCCC3)c2C)cc1S(N)(=O)=O. The molecule has 2 aromatic rings. The number of sulfonamides is 1. The third-order valence-electron chi connectivity index (χ3n) is 5.40. The molecule has 7 nitrogen and oxygen atoms in total. The Morgan fingerprint density at radius 2 is 1.86 bits per heavy atom. The number of carbonyl (C=O) groups is 1. The first kappa shape index (κ1) is 20.4. The van der Waals surface area contributed by atoms with E-state index in [-0.39, 0.29) is 16.6 Å². The lowest BCUT2D eigenvalue weighted by molar-refractivity contribution is 0.102. The number of amides is 1. The number of hydrogen-bond acceptors (Lipinski definition) is 4. The predicted octanol–water partition coefficient (Wildman–Crippen LogP) is 3.52. The van der Waals surface area contributed by atoms with Crippen LogP contribution in [0.25, 0.3) is 0 Å². The predicted molar refractivity (Wildman–Crippen MR) is 108 cm³/mol. The summed E-state index contributed by atoms with van der Waals surface area (Å²) in [4.78, 5) is 12.7. The minimum Gasteiger partial charge on any atom is -0.495 e. The van der Waals surface area contributed by atoms with Crippen molar-refractivity contribution in [3.8, 4) is 5.75 Å². The average Bonchev–Trinajstić information content (AvgIpc) is 2.96. The van der Waals surface area contributed by atoms with Gasteiger partial charge in [0, 0.05) is 23.1 Å². The van der Waals surface area contributed by atoms with Gasteiger partial charge in [0.15, 0.2) is 0 Å². The van der Waals surface area contributed by atoms with Crippen molar-refractivity contribution in [1.29, 1.82) is 0 Å². The molecular formula is C20H27N3O4S. The first-order valence-electron chi connectivity index (χ1n) is 9.43. The largest absolute Gasteiger partial charge is 0.495 e. The molecule has 8 heteroatoms. The smallest absolute Gasteiger partial charge is 0.257 e. The third-order valence-corrected chi connectivity index (χ3v) is 6.33. The van der Waals surface area contributed by atoms with Crippen LogP contribution in [0.4, 0.5) is 5.69 Å². The lowest BCUT2D eigenvalue weighted by atomic mass is 9.95. The molecule has 0 unspecified atom stereocenters. The van der Waals surface area contributed by atoms with Gasteiger partial charge in [0.2, 0.25) is 10.0 Å². The van der Waals surface area contributed by atoms with Crippen molar-refractivity contribution in [3.05, 3.63) is 41.2 Å². The first-order chi connectivity index (χ1) is 13.2. The van der Waals surface area contributed by atoms with Gasteiger partial charge in [-0.15, -0.1) is 0 Å². The molecule has 1 amide bonds. The summed E-state index contributed by atoms with van der Waals surface area (Å²) in [5.41, 5.74) is 2.94. The summed E-state index contributed by atoms with van der Waals surface area (Å²) in [6.45, 7) is 3.98. The highest BCUT2D eigenvalue weighted by Gasteiger charge is 2.23. The second-order valence-electron chi connectivity index (χ2n) is 7.31. The molecule has 1 aliphatic rings. The Morgan fingerprint density at radius 3 is 2.46 bits per heavy atom. The molecule has 1 aromatic heterocycles. The molecule has 1 heterocycles. The van der Waals surface area contributed by atoms with E-state index in [0.717, 1.165) is 24.2 Å². The number of benzene rings is 1. The molecule has 3 rings (SSSR count). The molecule has 28 heavy (non-hydrogen) atoms. The maximum atomic E-state index is 12.9. The number of methoxy groups -OCH3 is 1. The molecule has 0 bridgehead atoms. The molecule has 1 fully saturated rings. The number of nitrogens with two attached hydrogens (primary N) is 1. The average molecular weight is 406 g/mol. The Kier molecular flexibility index (Phi) is 5.81. The van der Waals surface area contributed by atoms with Crippen LogP contribution >= 0.6 is 0 Å². The fourth-order valence-corrected chi connectivity index (χ4v) is 4.81. The van der Waals surface area contributed by atoms with Gasteiger partial charge in [0.05, 0.1) is 12.7 Å². The number of aromatic nitrogens is 1. The molecule has 152 valence electrons. The Bertz CT molecular complexity index is 989. The monoisotopic (exact) mass is 405 g/mol. The van der Waals surface area contributed by atoms with E-state index in [1.807, 2.05) is 19.9 Å². The fraction of sp³-hybridized carbons (Fsp3) is 0.450. The molecule has 1 saturated carbocycles. The minimum atomic E-state index is -3.97. The second-order valence-corrected chi connectivity index (χ2v) is 8.84. The highest BCUT2D eigenvalue weighted by atomic mass is 32.2. The Hall–Kier alpha value is -2.32. The molecule has 3 N–H and O–H groups in total. The van der Waals surface area contributed by atoms with Gasteiger partial charge in [-0.3, -0.25) is 4.79 Å².